The van der Waals surface area contributed by atoms with Crippen molar-refractivity contribution in [3.63, 3.8) is 0 Å². The monoisotopic (exact) mass is 312 g/mol. The average Bonchev–Trinajstić information content (AvgIpc) is 2.63. The molecule has 21 heavy (non-hydrogen) atoms. The molecular weight excluding hydrogens is 295 g/mol. The molecular formula is C13H17FN4O2S. The van der Waals surface area contributed by atoms with E-state index in [4.69, 9.17) is 5.73 Å². The Morgan fingerprint density at radius 2 is 2.00 bits per heavy atom. The SMILES string of the molecule is Cc1c(S(=O)(=O)NC(C)c2ccccc2F)c(N)nn1C. The number of nitrogens with two attached hydrogens (primary N) is 1. The van der Waals surface area contributed by atoms with E-state index in [1.165, 1.54) is 16.8 Å². The largest absolute Gasteiger partial charge is 0.381 e. The van der Waals surface area contributed by atoms with Crippen molar-refractivity contribution in [2.45, 2.75) is 24.8 Å². The van der Waals surface area contributed by atoms with Crippen LogP contribution in [0.2, 0.25) is 0 Å². The molecule has 0 saturated carbocycles. The van der Waals surface area contributed by atoms with E-state index < -0.39 is 21.9 Å². The molecule has 1 aromatic carbocycles. The molecule has 0 spiro atoms. The summed E-state index contributed by atoms with van der Waals surface area (Å²) in [7, 11) is -2.29. The number of halogens is 1. The molecule has 8 heteroatoms. The lowest BCUT2D eigenvalue weighted by atomic mass is 10.1. The fraction of sp³-hybridized carbons (Fsp3) is 0.308. The minimum atomic E-state index is -3.89. The molecule has 1 heterocycles. The maximum atomic E-state index is 13.7. The van der Waals surface area contributed by atoms with Crippen LogP contribution in [0.4, 0.5) is 10.2 Å². The lowest BCUT2D eigenvalue weighted by Gasteiger charge is -2.15. The van der Waals surface area contributed by atoms with Gasteiger partial charge < -0.3 is 5.73 Å². The highest BCUT2D eigenvalue weighted by Gasteiger charge is 2.27. The second kappa shape index (κ2) is 5.45. The number of rotatable bonds is 4. The smallest absolute Gasteiger partial charge is 0.246 e. The number of nitrogen functional groups attached to an aromatic ring is 1. The number of anilines is 1. The zero-order valence-electron chi connectivity index (χ0n) is 12.0. The van der Waals surface area contributed by atoms with Crippen LogP contribution in [0.1, 0.15) is 24.2 Å². The number of aromatic nitrogens is 2. The molecule has 6 nitrogen and oxygen atoms in total. The predicted molar refractivity (Wildman–Crippen MR) is 77.5 cm³/mol. The van der Waals surface area contributed by atoms with Crippen molar-refractivity contribution in [1.29, 1.82) is 0 Å². The first-order chi connectivity index (χ1) is 9.74. The average molecular weight is 312 g/mol. The Bertz CT molecular complexity index is 770. The molecule has 1 atom stereocenters. The molecule has 2 aromatic rings. The Hall–Kier alpha value is -1.93. The molecule has 0 bridgehead atoms. The molecule has 0 amide bonds. The zero-order valence-corrected chi connectivity index (χ0v) is 12.8. The number of nitrogens with zero attached hydrogens (tertiary/aromatic N) is 2. The van der Waals surface area contributed by atoms with Crippen LogP contribution < -0.4 is 10.5 Å². The fourth-order valence-electron chi connectivity index (χ4n) is 2.13. The molecule has 1 unspecified atom stereocenters. The third kappa shape index (κ3) is 2.91. The number of hydrogen-bond donors (Lipinski definition) is 2. The standard InChI is InChI=1S/C13H17FN4O2S/c1-8(10-6-4-5-7-11(10)14)17-21(19,20)12-9(2)18(3)16-13(12)15/h4-8,17H,1-3H3,(H2,15,16). The molecule has 0 radical (unpaired) electrons. The Kier molecular flexibility index (Phi) is 4.02. The minimum Gasteiger partial charge on any atom is -0.381 e. The van der Waals surface area contributed by atoms with Crippen molar-refractivity contribution in [1.82, 2.24) is 14.5 Å². The van der Waals surface area contributed by atoms with Crippen LogP contribution in [0, 0.1) is 12.7 Å². The summed E-state index contributed by atoms with van der Waals surface area (Å²) in [6.07, 6.45) is 0. The third-order valence-corrected chi connectivity index (χ3v) is 4.98. The van der Waals surface area contributed by atoms with Crippen LogP contribution >= 0.6 is 0 Å². The molecule has 0 aliphatic heterocycles. The first kappa shape index (κ1) is 15.5. The first-order valence-corrected chi connectivity index (χ1v) is 7.78. The Morgan fingerprint density at radius 1 is 1.38 bits per heavy atom. The van der Waals surface area contributed by atoms with Crippen LogP contribution in [0.3, 0.4) is 0 Å². The van der Waals surface area contributed by atoms with E-state index in [0.717, 1.165) is 0 Å². The van der Waals surface area contributed by atoms with Gasteiger partial charge in [0.15, 0.2) is 5.82 Å². The highest BCUT2D eigenvalue weighted by Crippen LogP contribution is 2.24. The number of hydrogen-bond acceptors (Lipinski definition) is 4. The van der Waals surface area contributed by atoms with Gasteiger partial charge in [0, 0.05) is 18.7 Å². The minimum absolute atomic E-state index is 0.0758. The van der Waals surface area contributed by atoms with Crippen LogP contribution in [0.15, 0.2) is 29.2 Å². The van der Waals surface area contributed by atoms with Gasteiger partial charge in [-0.2, -0.15) is 5.10 Å². The molecule has 3 N–H and O–H groups in total. The molecule has 0 saturated heterocycles. The molecule has 114 valence electrons. The Morgan fingerprint density at radius 3 is 2.52 bits per heavy atom. The van der Waals surface area contributed by atoms with Gasteiger partial charge in [-0.1, -0.05) is 18.2 Å². The molecule has 2 rings (SSSR count). The van der Waals surface area contributed by atoms with Gasteiger partial charge in [-0.25, -0.2) is 17.5 Å². The number of aryl methyl sites for hydroxylation is 1. The highest BCUT2D eigenvalue weighted by atomic mass is 32.2. The van der Waals surface area contributed by atoms with E-state index in [1.54, 1.807) is 33.0 Å². The van der Waals surface area contributed by atoms with E-state index in [9.17, 15) is 12.8 Å². The van der Waals surface area contributed by atoms with Gasteiger partial charge in [0.25, 0.3) is 0 Å². The lowest BCUT2D eigenvalue weighted by molar-refractivity contribution is 0.549. The van der Waals surface area contributed by atoms with Gasteiger partial charge in [0.1, 0.15) is 10.7 Å². The zero-order chi connectivity index (χ0) is 15.8. The van der Waals surface area contributed by atoms with Crippen molar-refractivity contribution in [3.05, 3.63) is 41.3 Å². The van der Waals surface area contributed by atoms with Crippen LogP contribution in [0.25, 0.3) is 0 Å². The number of sulfonamides is 1. The van der Waals surface area contributed by atoms with Gasteiger partial charge in [0.2, 0.25) is 10.0 Å². The summed E-state index contributed by atoms with van der Waals surface area (Å²) in [5, 5.41) is 3.88. The maximum absolute atomic E-state index is 13.7. The second-order valence-electron chi connectivity index (χ2n) is 4.79. The van der Waals surface area contributed by atoms with Crippen molar-refractivity contribution in [2.75, 3.05) is 5.73 Å². The second-order valence-corrected chi connectivity index (χ2v) is 6.44. The number of benzene rings is 1. The number of nitrogens with one attached hydrogen (secondary N) is 1. The van der Waals surface area contributed by atoms with Gasteiger partial charge >= 0.3 is 0 Å². The van der Waals surface area contributed by atoms with E-state index in [-0.39, 0.29) is 16.3 Å². The van der Waals surface area contributed by atoms with Gasteiger partial charge in [0.05, 0.1) is 5.69 Å². The fourth-order valence-corrected chi connectivity index (χ4v) is 3.68. The summed E-state index contributed by atoms with van der Waals surface area (Å²) in [6.45, 7) is 3.17. The van der Waals surface area contributed by atoms with Gasteiger partial charge in [-0.15, -0.1) is 0 Å². The van der Waals surface area contributed by atoms with Crippen LogP contribution in [-0.2, 0) is 17.1 Å². The van der Waals surface area contributed by atoms with Crippen molar-refractivity contribution in [3.8, 4) is 0 Å². The summed E-state index contributed by atoms with van der Waals surface area (Å²) in [6, 6.07) is 5.28. The van der Waals surface area contributed by atoms with E-state index in [2.05, 4.69) is 9.82 Å². The normalized spacial score (nSPS) is 13.3. The van der Waals surface area contributed by atoms with Crippen molar-refractivity contribution < 1.29 is 12.8 Å². The summed E-state index contributed by atoms with van der Waals surface area (Å²) in [5.41, 5.74) is 6.33. The van der Waals surface area contributed by atoms with Gasteiger partial charge in [-0.05, 0) is 19.9 Å². The van der Waals surface area contributed by atoms with Gasteiger partial charge in [-0.3, -0.25) is 4.68 Å². The summed E-state index contributed by atoms with van der Waals surface area (Å²) in [4.78, 5) is -0.0758. The Labute approximate surface area is 122 Å². The first-order valence-electron chi connectivity index (χ1n) is 6.30. The molecule has 0 aliphatic rings. The van der Waals surface area contributed by atoms with E-state index >= 15 is 0 Å². The van der Waals surface area contributed by atoms with E-state index in [1.807, 2.05) is 0 Å². The third-order valence-electron chi connectivity index (χ3n) is 3.28. The summed E-state index contributed by atoms with van der Waals surface area (Å²) < 4.78 is 42.3. The lowest BCUT2D eigenvalue weighted by Crippen LogP contribution is -2.28. The van der Waals surface area contributed by atoms with Crippen molar-refractivity contribution >= 4 is 15.8 Å². The maximum Gasteiger partial charge on any atom is 0.246 e. The summed E-state index contributed by atoms with van der Waals surface area (Å²) in [5.74, 6) is -0.549. The van der Waals surface area contributed by atoms with Crippen LogP contribution in [0.5, 0.6) is 0 Å². The molecule has 0 fully saturated rings. The van der Waals surface area contributed by atoms with E-state index in [0.29, 0.717) is 5.69 Å². The quantitative estimate of drug-likeness (QED) is 0.895. The predicted octanol–water partition coefficient (Wildman–Crippen LogP) is 1.49. The topological polar surface area (TPSA) is 90.0 Å². The highest BCUT2D eigenvalue weighted by molar-refractivity contribution is 7.89. The Balaban J connectivity index is 2.36. The summed E-state index contributed by atoms with van der Waals surface area (Å²) >= 11 is 0. The molecule has 1 aromatic heterocycles. The van der Waals surface area contributed by atoms with Crippen LogP contribution in [-0.4, -0.2) is 18.2 Å². The van der Waals surface area contributed by atoms with Crippen molar-refractivity contribution in [2.24, 2.45) is 7.05 Å². The molecule has 0 aliphatic carbocycles.